The number of halogens is 4. The number of benzene rings is 2. The molecular formula is C16H12ClF3O. The standard InChI is InChI=1S/C16H12ClF3O/c1-9-6-13(14(17)7-10(9)2)15(21)11-4-3-5-12(8-11)16(18,19)20/h3-8H,1-2H3. The van der Waals surface area contributed by atoms with Gasteiger partial charge in [0.15, 0.2) is 5.78 Å². The first-order valence-corrected chi connectivity index (χ1v) is 6.56. The third-order valence-electron chi connectivity index (χ3n) is 3.28. The van der Waals surface area contributed by atoms with E-state index in [1.54, 1.807) is 12.1 Å². The smallest absolute Gasteiger partial charge is 0.289 e. The topological polar surface area (TPSA) is 17.1 Å². The van der Waals surface area contributed by atoms with Gasteiger partial charge in [-0.15, -0.1) is 0 Å². The number of aryl methyl sites for hydroxylation is 2. The fraction of sp³-hybridized carbons (Fsp3) is 0.188. The van der Waals surface area contributed by atoms with Gasteiger partial charge in [0.2, 0.25) is 0 Å². The van der Waals surface area contributed by atoms with Crippen molar-refractivity contribution in [3.63, 3.8) is 0 Å². The molecule has 1 nitrogen and oxygen atoms in total. The van der Waals surface area contributed by atoms with Gasteiger partial charge in [-0.3, -0.25) is 4.79 Å². The number of hydrogen-bond donors (Lipinski definition) is 0. The highest BCUT2D eigenvalue weighted by atomic mass is 35.5. The molecule has 5 heteroatoms. The lowest BCUT2D eigenvalue weighted by Gasteiger charge is -2.10. The molecule has 2 rings (SSSR count). The molecule has 0 saturated carbocycles. The molecule has 0 spiro atoms. The second kappa shape index (κ2) is 5.53. The molecule has 0 unspecified atom stereocenters. The molecule has 0 aliphatic rings. The molecule has 110 valence electrons. The van der Waals surface area contributed by atoms with Gasteiger partial charge in [0.05, 0.1) is 10.6 Å². The number of carbonyl (C=O) groups excluding carboxylic acids is 1. The quantitative estimate of drug-likeness (QED) is 0.696. The van der Waals surface area contributed by atoms with Crippen molar-refractivity contribution in [1.29, 1.82) is 0 Å². The molecule has 0 fully saturated rings. The first kappa shape index (κ1) is 15.6. The Kier molecular flexibility index (Phi) is 4.10. The summed E-state index contributed by atoms with van der Waals surface area (Å²) in [6.45, 7) is 3.66. The Hall–Kier alpha value is -1.81. The van der Waals surface area contributed by atoms with E-state index in [4.69, 9.17) is 11.6 Å². The molecule has 0 saturated heterocycles. The third-order valence-corrected chi connectivity index (χ3v) is 3.59. The Balaban J connectivity index is 2.48. The molecule has 0 aromatic heterocycles. The van der Waals surface area contributed by atoms with E-state index in [9.17, 15) is 18.0 Å². The predicted molar refractivity (Wildman–Crippen MR) is 75.8 cm³/mol. The van der Waals surface area contributed by atoms with Crippen molar-refractivity contribution < 1.29 is 18.0 Å². The lowest BCUT2D eigenvalue weighted by molar-refractivity contribution is -0.137. The van der Waals surface area contributed by atoms with Crippen LogP contribution in [0.1, 0.15) is 32.6 Å². The highest BCUT2D eigenvalue weighted by Gasteiger charge is 2.31. The van der Waals surface area contributed by atoms with Gasteiger partial charge in [-0.2, -0.15) is 13.2 Å². The summed E-state index contributed by atoms with van der Waals surface area (Å²) < 4.78 is 38.1. The Morgan fingerprint density at radius 2 is 1.67 bits per heavy atom. The largest absolute Gasteiger partial charge is 0.416 e. The molecule has 0 N–H and O–H groups in total. The summed E-state index contributed by atoms with van der Waals surface area (Å²) in [5.41, 5.74) is 1.10. The second-order valence-electron chi connectivity index (χ2n) is 4.82. The summed E-state index contributed by atoms with van der Waals surface area (Å²) >= 11 is 6.03. The van der Waals surface area contributed by atoms with Crippen LogP contribution in [-0.2, 0) is 6.18 Å². The Bertz CT molecular complexity index is 705. The van der Waals surface area contributed by atoms with Gasteiger partial charge in [0, 0.05) is 11.1 Å². The van der Waals surface area contributed by atoms with Gasteiger partial charge in [-0.05, 0) is 49.2 Å². The van der Waals surface area contributed by atoms with Crippen LogP contribution in [0.5, 0.6) is 0 Å². The minimum Gasteiger partial charge on any atom is -0.289 e. The maximum atomic E-state index is 12.7. The summed E-state index contributed by atoms with van der Waals surface area (Å²) in [5.74, 6) is -0.519. The van der Waals surface area contributed by atoms with Crippen LogP contribution >= 0.6 is 11.6 Å². The number of alkyl halides is 3. The van der Waals surface area contributed by atoms with Crippen molar-refractivity contribution in [2.45, 2.75) is 20.0 Å². The zero-order valence-corrected chi connectivity index (χ0v) is 12.1. The molecule has 2 aromatic carbocycles. The van der Waals surface area contributed by atoms with E-state index in [2.05, 4.69) is 0 Å². The highest BCUT2D eigenvalue weighted by molar-refractivity contribution is 6.35. The average molecular weight is 313 g/mol. The molecule has 0 bridgehead atoms. The zero-order chi connectivity index (χ0) is 15.8. The van der Waals surface area contributed by atoms with Crippen LogP contribution < -0.4 is 0 Å². The van der Waals surface area contributed by atoms with Gasteiger partial charge >= 0.3 is 6.18 Å². The van der Waals surface area contributed by atoms with Crippen molar-refractivity contribution in [2.75, 3.05) is 0 Å². The second-order valence-corrected chi connectivity index (χ2v) is 5.23. The lowest BCUT2D eigenvalue weighted by Crippen LogP contribution is -2.08. The molecule has 0 amide bonds. The lowest BCUT2D eigenvalue weighted by atomic mass is 9.98. The minimum atomic E-state index is -4.48. The van der Waals surface area contributed by atoms with Crippen molar-refractivity contribution in [3.05, 3.63) is 69.2 Å². The van der Waals surface area contributed by atoms with Crippen molar-refractivity contribution in [1.82, 2.24) is 0 Å². The number of carbonyl (C=O) groups is 1. The van der Waals surface area contributed by atoms with Crippen LogP contribution in [0, 0.1) is 13.8 Å². The zero-order valence-electron chi connectivity index (χ0n) is 11.4. The summed E-state index contributed by atoms with van der Waals surface area (Å²) in [7, 11) is 0. The molecule has 0 radical (unpaired) electrons. The van der Waals surface area contributed by atoms with Crippen LogP contribution in [0.15, 0.2) is 36.4 Å². The van der Waals surface area contributed by atoms with Crippen molar-refractivity contribution in [2.24, 2.45) is 0 Å². The number of ketones is 1. The predicted octanol–water partition coefficient (Wildman–Crippen LogP) is 5.21. The van der Waals surface area contributed by atoms with Crippen LogP contribution in [0.3, 0.4) is 0 Å². The van der Waals surface area contributed by atoms with E-state index in [1.807, 2.05) is 13.8 Å². The molecule has 0 aliphatic heterocycles. The maximum absolute atomic E-state index is 12.7. The van der Waals surface area contributed by atoms with Crippen molar-refractivity contribution in [3.8, 4) is 0 Å². The van der Waals surface area contributed by atoms with Gasteiger partial charge < -0.3 is 0 Å². The van der Waals surface area contributed by atoms with E-state index in [-0.39, 0.29) is 16.1 Å². The van der Waals surface area contributed by atoms with Gasteiger partial charge in [0.1, 0.15) is 0 Å². The summed E-state index contributed by atoms with van der Waals surface area (Å²) in [6.07, 6.45) is -4.48. The monoisotopic (exact) mass is 312 g/mol. The number of rotatable bonds is 2. The SMILES string of the molecule is Cc1cc(Cl)c(C(=O)c2cccc(C(F)(F)F)c2)cc1C. The molecular weight excluding hydrogens is 301 g/mol. The number of hydrogen-bond acceptors (Lipinski definition) is 1. The Morgan fingerprint density at radius 3 is 2.29 bits per heavy atom. The average Bonchev–Trinajstić information content (AvgIpc) is 2.41. The Morgan fingerprint density at radius 1 is 1.05 bits per heavy atom. The first-order valence-electron chi connectivity index (χ1n) is 6.19. The van der Waals surface area contributed by atoms with Crippen molar-refractivity contribution >= 4 is 17.4 Å². The summed E-state index contributed by atoms with van der Waals surface area (Å²) in [6, 6.07) is 7.57. The van der Waals surface area contributed by atoms with Crippen LogP contribution in [-0.4, -0.2) is 5.78 Å². The third kappa shape index (κ3) is 3.27. The molecule has 0 atom stereocenters. The van der Waals surface area contributed by atoms with E-state index in [0.29, 0.717) is 0 Å². The fourth-order valence-electron chi connectivity index (χ4n) is 1.95. The van der Waals surface area contributed by atoms with Crippen LogP contribution in [0.4, 0.5) is 13.2 Å². The van der Waals surface area contributed by atoms with Gasteiger partial charge in [-0.1, -0.05) is 23.7 Å². The first-order chi connectivity index (χ1) is 9.70. The van der Waals surface area contributed by atoms with E-state index in [0.717, 1.165) is 23.3 Å². The summed E-state index contributed by atoms with van der Waals surface area (Å²) in [5, 5.41) is 0.237. The van der Waals surface area contributed by atoms with Crippen LogP contribution in [0.2, 0.25) is 5.02 Å². The van der Waals surface area contributed by atoms with E-state index >= 15 is 0 Å². The van der Waals surface area contributed by atoms with E-state index < -0.39 is 17.5 Å². The Labute approximate surface area is 125 Å². The fourth-order valence-corrected chi connectivity index (χ4v) is 2.25. The molecule has 0 aliphatic carbocycles. The van der Waals surface area contributed by atoms with Gasteiger partial charge in [0.25, 0.3) is 0 Å². The van der Waals surface area contributed by atoms with E-state index in [1.165, 1.54) is 12.1 Å². The van der Waals surface area contributed by atoms with Gasteiger partial charge in [-0.25, -0.2) is 0 Å². The molecule has 0 heterocycles. The summed E-state index contributed by atoms with van der Waals surface area (Å²) in [4.78, 5) is 12.4. The molecule has 21 heavy (non-hydrogen) atoms. The maximum Gasteiger partial charge on any atom is 0.416 e. The van der Waals surface area contributed by atoms with Crippen LogP contribution in [0.25, 0.3) is 0 Å². The molecule has 2 aromatic rings. The highest BCUT2D eigenvalue weighted by Crippen LogP contribution is 2.31. The normalized spacial score (nSPS) is 11.5. The minimum absolute atomic E-state index is 0.0324.